The number of nitriles is 1. The molecule has 0 bridgehead atoms. The highest BCUT2D eigenvalue weighted by Gasteiger charge is 2.14. The molecule has 1 aromatic heterocycles. The fourth-order valence-electron chi connectivity index (χ4n) is 2.98. The van der Waals surface area contributed by atoms with E-state index in [1.54, 1.807) is 0 Å². The Hall–Kier alpha value is -3.12. The van der Waals surface area contributed by atoms with Crippen LogP contribution in [0.5, 0.6) is 0 Å². The van der Waals surface area contributed by atoms with Gasteiger partial charge in [0.05, 0.1) is 5.69 Å². The number of hydrogen-bond donors (Lipinski definition) is 1. The Labute approximate surface area is 148 Å². The summed E-state index contributed by atoms with van der Waals surface area (Å²) in [4.78, 5) is 4.49. The highest BCUT2D eigenvalue weighted by Crippen LogP contribution is 2.32. The summed E-state index contributed by atoms with van der Waals surface area (Å²) in [7, 11) is 0. The Kier molecular flexibility index (Phi) is 4.54. The molecule has 0 fully saturated rings. The van der Waals surface area contributed by atoms with Crippen molar-refractivity contribution in [3.8, 4) is 28.5 Å². The zero-order valence-corrected chi connectivity index (χ0v) is 14.8. The molecule has 0 aliphatic carbocycles. The van der Waals surface area contributed by atoms with E-state index in [1.165, 1.54) is 11.1 Å². The molecule has 0 atom stereocenters. The molecule has 25 heavy (non-hydrogen) atoms. The minimum atomic E-state index is 0.274. The van der Waals surface area contributed by atoms with Gasteiger partial charge in [-0.05, 0) is 49.1 Å². The molecule has 0 aliphatic rings. The van der Waals surface area contributed by atoms with Crippen LogP contribution >= 0.6 is 0 Å². The summed E-state index contributed by atoms with van der Waals surface area (Å²) in [5.41, 5.74) is 13.8. The Morgan fingerprint density at radius 1 is 1.00 bits per heavy atom. The standard InChI is InChI=1S/C22H21N3/c1-4-16-7-9-17(10-8-16)19-12-21(25-22(24)20(19)13-23)18-11-14(2)5-6-15(18)3/h5-12H,4H2,1-3H3,(H2,24,25). The van der Waals surface area contributed by atoms with Gasteiger partial charge in [-0.15, -0.1) is 0 Å². The molecule has 3 heteroatoms. The van der Waals surface area contributed by atoms with Crippen molar-refractivity contribution < 1.29 is 0 Å². The van der Waals surface area contributed by atoms with Gasteiger partial charge in [0.1, 0.15) is 17.5 Å². The monoisotopic (exact) mass is 327 g/mol. The smallest absolute Gasteiger partial charge is 0.142 e. The van der Waals surface area contributed by atoms with Crippen molar-refractivity contribution in [2.75, 3.05) is 5.73 Å². The van der Waals surface area contributed by atoms with Crippen LogP contribution in [0.15, 0.2) is 48.5 Å². The number of pyridine rings is 1. The molecular formula is C22H21N3. The van der Waals surface area contributed by atoms with E-state index in [4.69, 9.17) is 5.73 Å². The van der Waals surface area contributed by atoms with Crippen molar-refractivity contribution in [3.63, 3.8) is 0 Å². The van der Waals surface area contributed by atoms with Gasteiger partial charge in [0.25, 0.3) is 0 Å². The summed E-state index contributed by atoms with van der Waals surface area (Å²) < 4.78 is 0. The lowest BCUT2D eigenvalue weighted by Crippen LogP contribution is -2.00. The number of rotatable bonds is 3. The molecule has 0 radical (unpaired) electrons. The van der Waals surface area contributed by atoms with Crippen LogP contribution in [-0.4, -0.2) is 4.98 Å². The summed E-state index contributed by atoms with van der Waals surface area (Å²) in [5.74, 6) is 0.274. The average Bonchev–Trinajstić information content (AvgIpc) is 2.63. The first-order valence-electron chi connectivity index (χ1n) is 8.41. The number of aryl methyl sites for hydroxylation is 3. The molecule has 2 aromatic carbocycles. The van der Waals surface area contributed by atoms with Crippen molar-refractivity contribution in [1.29, 1.82) is 5.26 Å². The van der Waals surface area contributed by atoms with E-state index >= 15 is 0 Å². The van der Waals surface area contributed by atoms with Gasteiger partial charge in [0, 0.05) is 11.1 Å². The molecule has 0 amide bonds. The largest absolute Gasteiger partial charge is 0.383 e. The van der Waals surface area contributed by atoms with Crippen molar-refractivity contribution in [3.05, 3.63) is 70.8 Å². The maximum Gasteiger partial charge on any atom is 0.142 e. The normalized spacial score (nSPS) is 10.5. The predicted octanol–water partition coefficient (Wildman–Crippen LogP) is 5.05. The van der Waals surface area contributed by atoms with E-state index < -0.39 is 0 Å². The molecule has 0 spiro atoms. The molecule has 124 valence electrons. The zero-order chi connectivity index (χ0) is 18.0. The fourth-order valence-corrected chi connectivity index (χ4v) is 2.98. The molecule has 3 aromatic rings. The van der Waals surface area contributed by atoms with Crippen LogP contribution in [-0.2, 0) is 6.42 Å². The molecule has 0 unspecified atom stereocenters. The van der Waals surface area contributed by atoms with E-state index in [9.17, 15) is 5.26 Å². The average molecular weight is 327 g/mol. The molecule has 0 saturated heterocycles. The van der Waals surface area contributed by atoms with Crippen LogP contribution in [0.2, 0.25) is 0 Å². The number of nitrogen functional groups attached to an aromatic ring is 1. The minimum Gasteiger partial charge on any atom is -0.383 e. The van der Waals surface area contributed by atoms with Gasteiger partial charge in [-0.2, -0.15) is 5.26 Å². The lowest BCUT2D eigenvalue weighted by Gasteiger charge is -2.12. The lowest BCUT2D eigenvalue weighted by atomic mass is 9.95. The predicted molar refractivity (Wildman–Crippen MR) is 103 cm³/mol. The van der Waals surface area contributed by atoms with Gasteiger partial charge in [-0.3, -0.25) is 0 Å². The third kappa shape index (κ3) is 3.25. The van der Waals surface area contributed by atoms with Crippen molar-refractivity contribution in [1.82, 2.24) is 4.98 Å². The van der Waals surface area contributed by atoms with Crippen LogP contribution in [0.4, 0.5) is 5.82 Å². The van der Waals surface area contributed by atoms with E-state index in [0.717, 1.165) is 34.4 Å². The van der Waals surface area contributed by atoms with E-state index in [1.807, 2.05) is 18.2 Å². The summed E-state index contributed by atoms with van der Waals surface area (Å²) >= 11 is 0. The van der Waals surface area contributed by atoms with Crippen molar-refractivity contribution >= 4 is 5.82 Å². The van der Waals surface area contributed by atoms with Gasteiger partial charge in [0.2, 0.25) is 0 Å². The van der Waals surface area contributed by atoms with Crippen LogP contribution in [0.25, 0.3) is 22.4 Å². The van der Waals surface area contributed by atoms with Gasteiger partial charge in [0.15, 0.2) is 0 Å². The Morgan fingerprint density at radius 2 is 1.72 bits per heavy atom. The molecular weight excluding hydrogens is 306 g/mol. The van der Waals surface area contributed by atoms with E-state index in [-0.39, 0.29) is 5.82 Å². The molecule has 3 rings (SSSR count). The Bertz CT molecular complexity index is 964. The maximum absolute atomic E-state index is 9.55. The third-order valence-electron chi connectivity index (χ3n) is 4.50. The van der Waals surface area contributed by atoms with Crippen LogP contribution < -0.4 is 5.73 Å². The quantitative estimate of drug-likeness (QED) is 0.732. The SMILES string of the molecule is CCc1ccc(-c2cc(-c3cc(C)ccc3C)nc(N)c2C#N)cc1. The first kappa shape index (κ1) is 16.7. The molecule has 1 heterocycles. The summed E-state index contributed by atoms with van der Waals surface area (Å²) in [5, 5.41) is 9.55. The molecule has 0 aliphatic heterocycles. The highest BCUT2D eigenvalue weighted by atomic mass is 14.8. The van der Waals surface area contributed by atoms with Gasteiger partial charge in [-0.1, -0.05) is 48.9 Å². The van der Waals surface area contributed by atoms with E-state index in [2.05, 4.69) is 62.2 Å². The first-order valence-corrected chi connectivity index (χ1v) is 8.41. The topological polar surface area (TPSA) is 62.7 Å². The Balaban J connectivity index is 2.22. The number of hydrogen-bond acceptors (Lipinski definition) is 3. The van der Waals surface area contributed by atoms with Crippen molar-refractivity contribution in [2.24, 2.45) is 0 Å². The number of nitrogens with zero attached hydrogens (tertiary/aromatic N) is 2. The molecule has 3 nitrogen and oxygen atoms in total. The second-order valence-corrected chi connectivity index (χ2v) is 6.30. The summed E-state index contributed by atoms with van der Waals surface area (Å²) in [6, 6.07) is 18.7. The van der Waals surface area contributed by atoms with Crippen LogP contribution in [0.3, 0.4) is 0 Å². The number of nitrogens with two attached hydrogens (primary N) is 1. The van der Waals surface area contributed by atoms with Crippen LogP contribution in [0, 0.1) is 25.2 Å². The van der Waals surface area contributed by atoms with Gasteiger partial charge >= 0.3 is 0 Å². The number of anilines is 1. The van der Waals surface area contributed by atoms with Crippen LogP contribution in [0.1, 0.15) is 29.2 Å². The highest BCUT2D eigenvalue weighted by molar-refractivity contribution is 5.81. The first-order chi connectivity index (χ1) is 12.0. The lowest BCUT2D eigenvalue weighted by molar-refractivity contribution is 1.14. The number of benzene rings is 2. The Morgan fingerprint density at radius 3 is 2.36 bits per heavy atom. The fraction of sp³-hybridized carbons (Fsp3) is 0.182. The van der Waals surface area contributed by atoms with Gasteiger partial charge in [-0.25, -0.2) is 4.98 Å². The summed E-state index contributed by atoms with van der Waals surface area (Å²) in [6.45, 7) is 6.24. The maximum atomic E-state index is 9.55. The number of aromatic nitrogens is 1. The zero-order valence-electron chi connectivity index (χ0n) is 14.8. The van der Waals surface area contributed by atoms with Gasteiger partial charge < -0.3 is 5.73 Å². The second-order valence-electron chi connectivity index (χ2n) is 6.30. The summed E-state index contributed by atoms with van der Waals surface area (Å²) in [6.07, 6.45) is 0.984. The molecule has 2 N–H and O–H groups in total. The minimum absolute atomic E-state index is 0.274. The third-order valence-corrected chi connectivity index (χ3v) is 4.50. The van der Waals surface area contributed by atoms with E-state index in [0.29, 0.717) is 5.56 Å². The molecule has 0 saturated carbocycles. The second kappa shape index (κ2) is 6.78. The van der Waals surface area contributed by atoms with Crippen molar-refractivity contribution in [2.45, 2.75) is 27.2 Å².